The zero-order valence-electron chi connectivity index (χ0n) is 9.60. The highest BCUT2D eigenvalue weighted by atomic mass is 16.3. The monoisotopic (exact) mass is 230 g/mol. The summed E-state index contributed by atoms with van der Waals surface area (Å²) in [5.41, 5.74) is 0. The van der Waals surface area contributed by atoms with Gasteiger partial charge in [0.25, 0.3) is 0 Å². The minimum atomic E-state index is -0.624. The number of aliphatic hydroxyl groups excluding tert-OH is 4. The second kappa shape index (κ2) is 10.9. The van der Waals surface area contributed by atoms with Gasteiger partial charge >= 0.3 is 0 Å². The fourth-order valence-corrected chi connectivity index (χ4v) is 1.21. The molecule has 0 saturated heterocycles. The first-order valence-electron chi connectivity index (χ1n) is 5.74. The summed E-state index contributed by atoms with van der Waals surface area (Å²) >= 11 is 0. The van der Waals surface area contributed by atoms with Crippen LogP contribution in [0.2, 0.25) is 0 Å². The van der Waals surface area contributed by atoms with Crippen LogP contribution in [0, 0.1) is 11.8 Å². The van der Waals surface area contributed by atoms with Gasteiger partial charge in [-0.2, -0.15) is 0 Å². The third-order valence-corrected chi connectivity index (χ3v) is 2.22. The number of unbranched alkanes of at least 4 members (excludes halogenated alkanes) is 2. The van der Waals surface area contributed by atoms with E-state index in [4.69, 9.17) is 20.4 Å². The van der Waals surface area contributed by atoms with E-state index < -0.39 is 12.2 Å². The Morgan fingerprint density at radius 3 is 1.44 bits per heavy atom. The Balaban J connectivity index is 3.28. The summed E-state index contributed by atoms with van der Waals surface area (Å²) in [5.74, 6) is 5.94. The zero-order valence-corrected chi connectivity index (χ0v) is 9.60. The average Bonchev–Trinajstić information content (AvgIpc) is 2.31. The second-order valence-corrected chi connectivity index (χ2v) is 3.81. The van der Waals surface area contributed by atoms with E-state index in [2.05, 4.69) is 11.8 Å². The van der Waals surface area contributed by atoms with Crippen molar-refractivity contribution in [2.75, 3.05) is 13.2 Å². The first kappa shape index (κ1) is 15.4. The van der Waals surface area contributed by atoms with Gasteiger partial charge in [0.1, 0.15) is 0 Å². The minimum Gasteiger partial charge on any atom is -0.394 e. The topological polar surface area (TPSA) is 80.9 Å². The van der Waals surface area contributed by atoms with E-state index in [1.807, 2.05) is 0 Å². The molecule has 0 heterocycles. The van der Waals surface area contributed by atoms with Gasteiger partial charge in [0.2, 0.25) is 0 Å². The molecule has 94 valence electrons. The molecule has 0 saturated carbocycles. The summed E-state index contributed by atoms with van der Waals surface area (Å²) in [4.78, 5) is 0. The normalized spacial score (nSPS) is 14.0. The van der Waals surface area contributed by atoms with Gasteiger partial charge in [-0.3, -0.25) is 0 Å². The highest BCUT2D eigenvalue weighted by Crippen LogP contribution is 2.01. The van der Waals surface area contributed by atoms with Crippen LogP contribution in [-0.2, 0) is 0 Å². The van der Waals surface area contributed by atoms with Crippen LogP contribution in [0.25, 0.3) is 0 Å². The van der Waals surface area contributed by atoms with Crippen LogP contribution in [0.3, 0.4) is 0 Å². The van der Waals surface area contributed by atoms with Crippen molar-refractivity contribution in [3.63, 3.8) is 0 Å². The van der Waals surface area contributed by atoms with Crippen LogP contribution in [0.15, 0.2) is 0 Å². The number of aliphatic hydroxyl groups is 4. The molecule has 0 spiro atoms. The maximum absolute atomic E-state index is 9.04. The third-order valence-electron chi connectivity index (χ3n) is 2.22. The average molecular weight is 230 g/mol. The Bertz CT molecular complexity index is 187. The van der Waals surface area contributed by atoms with E-state index in [-0.39, 0.29) is 13.2 Å². The van der Waals surface area contributed by atoms with Crippen LogP contribution in [0.5, 0.6) is 0 Å². The molecular formula is C12H22O4. The highest BCUT2D eigenvalue weighted by Gasteiger charge is 2.00. The highest BCUT2D eigenvalue weighted by molar-refractivity contribution is 4.98. The van der Waals surface area contributed by atoms with Crippen molar-refractivity contribution >= 4 is 0 Å². The van der Waals surface area contributed by atoms with Crippen molar-refractivity contribution in [3.05, 3.63) is 0 Å². The van der Waals surface area contributed by atoms with Gasteiger partial charge in [-0.1, -0.05) is 0 Å². The van der Waals surface area contributed by atoms with Crippen LogP contribution >= 0.6 is 0 Å². The molecule has 4 nitrogen and oxygen atoms in total. The molecule has 16 heavy (non-hydrogen) atoms. The molecule has 0 aliphatic rings. The SMILES string of the molecule is OCC(O)CCCC#CCCCC(O)CO. The predicted octanol–water partition coefficient (Wildman–Crippen LogP) is 0.0368. The van der Waals surface area contributed by atoms with Gasteiger partial charge < -0.3 is 20.4 Å². The molecule has 2 unspecified atom stereocenters. The van der Waals surface area contributed by atoms with Gasteiger partial charge in [-0.15, -0.1) is 11.8 Å². The van der Waals surface area contributed by atoms with E-state index in [1.165, 1.54) is 0 Å². The summed E-state index contributed by atoms with van der Waals surface area (Å²) in [7, 11) is 0. The Hall–Kier alpha value is -0.600. The molecule has 0 aromatic carbocycles. The lowest BCUT2D eigenvalue weighted by Gasteiger charge is -2.03. The maximum Gasteiger partial charge on any atom is 0.0771 e. The van der Waals surface area contributed by atoms with Crippen molar-refractivity contribution in [1.29, 1.82) is 0 Å². The van der Waals surface area contributed by atoms with Gasteiger partial charge in [0.05, 0.1) is 25.4 Å². The van der Waals surface area contributed by atoms with Crippen LogP contribution in [0.4, 0.5) is 0 Å². The first-order valence-corrected chi connectivity index (χ1v) is 5.74. The Morgan fingerprint density at radius 1 is 0.750 bits per heavy atom. The van der Waals surface area contributed by atoms with Crippen molar-refractivity contribution in [2.24, 2.45) is 0 Å². The Morgan fingerprint density at radius 2 is 1.12 bits per heavy atom. The summed E-state index contributed by atoms with van der Waals surface area (Å²) < 4.78 is 0. The van der Waals surface area contributed by atoms with Crippen molar-refractivity contribution < 1.29 is 20.4 Å². The molecule has 0 rings (SSSR count). The maximum atomic E-state index is 9.04. The quantitative estimate of drug-likeness (QED) is 0.350. The van der Waals surface area contributed by atoms with Crippen LogP contribution in [0.1, 0.15) is 38.5 Å². The molecule has 0 aromatic heterocycles. The van der Waals surface area contributed by atoms with Crippen LogP contribution < -0.4 is 0 Å². The molecule has 0 amide bonds. The molecule has 0 bridgehead atoms. The summed E-state index contributed by atoms with van der Waals surface area (Å²) in [6.07, 6.45) is 2.92. The molecule has 4 heteroatoms. The minimum absolute atomic E-state index is 0.188. The lowest BCUT2D eigenvalue weighted by Crippen LogP contribution is -2.11. The van der Waals surface area contributed by atoms with Crippen molar-refractivity contribution in [1.82, 2.24) is 0 Å². The van der Waals surface area contributed by atoms with E-state index in [1.54, 1.807) is 0 Å². The molecule has 0 aliphatic carbocycles. The number of hydrogen-bond acceptors (Lipinski definition) is 4. The van der Waals surface area contributed by atoms with E-state index >= 15 is 0 Å². The molecule has 0 radical (unpaired) electrons. The second-order valence-electron chi connectivity index (χ2n) is 3.81. The fraction of sp³-hybridized carbons (Fsp3) is 0.833. The van der Waals surface area contributed by atoms with Crippen molar-refractivity contribution in [3.8, 4) is 11.8 Å². The first-order chi connectivity index (χ1) is 7.70. The number of hydrogen-bond donors (Lipinski definition) is 4. The van der Waals surface area contributed by atoms with Gasteiger partial charge in [0, 0.05) is 12.8 Å². The standard InChI is InChI=1S/C12H22O4/c13-9-11(15)7-5-3-1-2-4-6-8-12(16)10-14/h11-16H,3-10H2. The van der Waals surface area contributed by atoms with Crippen molar-refractivity contribution in [2.45, 2.75) is 50.7 Å². The lowest BCUT2D eigenvalue weighted by molar-refractivity contribution is 0.0868. The smallest absolute Gasteiger partial charge is 0.0771 e. The molecule has 0 fully saturated rings. The van der Waals surface area contributed by atoms with Gasteiger partial charge in [-0.25, -0.2) is 0 Å². The number of rotatable bonds is 8. The molecular weight excluding hydrogens is 208 g/mol. The molecule has 0 aliphatic heterocycles. The summed E-state index contributed by atoms with van der Waals surface area (Å²) in [6, 6.07) is 0. The summed E-state index contributed by atoms with van der Waals surface area (Å²) in [5, 5.41) is 35.2. The largest absolute Gasteiger partial charge is 0.394 e. The van der Waals surface area contributed by atoms with Gasteiger partial charge in [0.15, 0.2) is 0 Å². The molecule has 0 aromatic rings. The van der Waals surface area contributed by atoms with E-state index in [0.717, 1.165) is 25.7 Å². The van der Waals surface area contributed by atoms with Crippen LogP contribution in [-0.4, -0.2) is 45.8 Å². The van der Waals surface area contributed by atoms with E-state index in [0.29, 0.717) is 12.8 Å². The zero-order chi connectivity index (χ0) is 12.2. The van der Waals surface area contributed by atoms with Gasteiger partial charge in [-0.05, 0) is 25.7 Å². The summed E-state index contributed by atoms with van der Waals surface area (Å²) in [6.45, 7) is -0.376. The predicted molar refractivity (Wildman–Crippen MR) is 61.7 cm³/mol. The lowest BCUT2D eigenvalue weighted by atomic mass is 10.1. The fourth-order valence-electron chi connectivity index (χ4n) is 1.21. The Labute approximate surface area is 96.9 Å². The Kier molecular flexibility index (Phi) is 10.5. The molecule has 2 atom stereocenters. The molecule has 4 N–H and O–H groups in total. The third kappa shape index (κ3) is 9.94. The van der Waals surface area contributed by atoms with E-state index in [9.17, 15) is 0 Å².